The number of benzene rings is 2. The van der Waals surface area contributed by atoms with Crippen molar-refractivity contribution in [3.05, 3.63) is 63.7 Å². The number of carbonyl (C=O) groups excluding carboxylic acids is 1. The van der Waals surface area contributed by atoms with Gasteiger partial charge in [-0.1, -0.05) is 29.8 Å². The number of nitrogen functional groups attached to an aromatic ring is 1. The van der Waals surface area contributed by atoms with E-state index in [2.05, 4.69) is 0 Å². The summed E-state index contributed by atoms with van der Waals surface area (Å²) >= 11 is 5.96. The Morgan fingerprint density at radius 1 is 1.15 bits per heavy atom. The Kier molecular flexibility index (Phi) is 4.30. The molecular weight excluding hydrogens is 274 g/mol. The van der Waals surface area contributed by atoms with E-state index in [0.717, 1.165) is 5.56 Å². The highest BCUT2D eigenvalue weighted by Gasteiger charge is 2.12. The Morgan fingerprint density at radius 2 is 1.90 bits per heavy atom. The number of carbonyl (C=O) groups is 1. The molecule has 0 aliphatic carbocycles. The van der Waals surface area contributed by atoms with Crippen molar-refractivity contribution < 1.29 is 9.53 Å². The third kappa shape index (κ3) is 3.31. The molecule has 0 amide bonds. The van der Waals surface area contributed by atoms with Gasteiger partial charge in [-0.05, 0) is 48.7 Å². The lowest BCUT2D eigenvalue weighted by Gasteiger charge is -2.08. The summed E-state index contributed by atoms with van der Waals surface area (Å²) in [6.07, 6.45) is 0. The van der Waals surface area contributed by atoms with Gasteiger partial charge in [0.05, 0.1) is 10.6 Å². The maximum atomic E-state index is 12.0. The first-order chi connectivity index (χ1) is 9.47. The maximum Gasteiger partial charge on any atom is 0.340 e. The average Bonchev–Trinajstić information content (AvgIpc) is 2.42. The molecule has 3 nitrogen and oxygen atoms in total. The molecule has 0 aliphatic rings. The molecule has 2 aromatic carbocycles. The molecular formula is C16H16ClNO2. The second kappa shape index (κ2) is 5.97. The third-order valence-corrected chi connectivity index (χ3v) is 3.48. The highest BCUT2D eigenvalue weighted by atomic mass is 35.5. The van der Waals surface area contributed by atoms with Crippen LogP contribution in [0.25, 0.3) is 0 Å². The molecule has 0 saturated heterocycles. The standard InChI is InChI=1S/C16H16ClNO2/c1-10-3-4-12(7-11(10)2)9-20-16(19)14-8-13(18)5-6-15(14)17/h3-8H,9,18H2,1-2H3. The Hall–Kier alpha value is -2.00. The van der Waals surface area contributed by atoms with Crippen LogP contribution in [0.1, 0.15) is 27.0 Å². The van der Waals surface area contributed by atoms with Gasteiger partial charge in [0.15, 0.2) is 0 Å². The van der Waals surface area contributed by atoms with Gasteiger partial charge in [-0.15, -0.1) is 0 Å². The average molecular weight is 290 g/mol. The lowest BCUT2D eigenvalue weighted by atomic mass is 10.1. The molecule has 0 atom stereocenters. The Morgan fingerprint density at radius 3 is 2.60 bits per heavy atom. The summed E-state index contributed by atoms with van der Waals surface area (Å²) in [4.78, 5) is 12.0. The lowest BCUT2D eigenvalue weighted by molar-refractivity contribution is 0.0473. The van der Waals surface area contributed by atoms with E-state index in [1.54, 1.807) is 12.1 Å². The van der Waals surface area contributed by atoms with Crippen molar-refractivity contribution in [1.29, 1.82) is 0 Å². The van der Waals surface area contributed by atoms with Gasteiger partial charge in [-0.2, -0.15) is 0 Å². The van der Waals surface area contributed by atoms with E-state index in [-0.39, 0.29) is 12.2 Å². The second-order valence-electron chi connectivity index (χ2n) is 4.73. The van der Waals surface area contributed by atoms with Crippen LogP contribution in [0, 0.1) is 13.8 Å². The Balaban J connectivity index is 2.08. The van der Waals surface area contributed by atoms with Gasteiger partial charge in [-0.25, -0.2) is 4.79 Å². The van der Waals surface area contributed by atoms with E-state index in [9.17, 15) is 4.79 Å². The van der Waals surface area contributed by atoms with E-state index < -0.39 is 5.97 Å². The van der Waals surface area contributed by atoms with Crippen LogP contribution >= 0.6 is 11.6 Å². The minimum absolute atomic E-state index is 0.213. The summed E-state index contributed by atoms with van der Waals surface area (Å²) in [6.45, 7) is 4.28. The molecule has 0 fully saturated rings. The molecule has 2 N–H and O–H groups in total. The third-order valence-electron chi connectivity index (χ3n) is 3.15. The maximum absolute atomic E-state index is 12.0. The fourth-order valence-corrected chi connectivity index (χ4v) is 2.01. The number of esters is 1. The fraction of sp³-hybridized carbons (Fsp3) is 0.188. The quantitative estimate of drug-likeness (QED) is 0.689. The van der Waals surface area contributed by atoms with Crippen molar-refractivity contribution in [1.82, 2.24) is 0 Å². The first-order valence-corrected chi connectivity index (χ1v) is 6.63. The summed E-state index contributed by atoms with van der Waals surface area (Å²) in [5.74, 6) is -0.472. The van der Waals surface area contributed by atoms with Gasteiger partial charge in [0.2, 0.25) is 0 Å². The summed E-state index contributed by atoms with van der Waals surface area (Å²) < 4.78 is 5.27. The minimum atomic E-state index is -0.472. The largest absolute Gasteiger partial charge is 0.457 e. The second-order valence-corrected chi connectivity index (χ2v) is 5.14. The van der Waals surface area contributed by atoms with Crippen LogP contribution in [-0.4, -0.2) is 5.97 Å². The van der Waals surface area contributed by atoms with Gasteiger partial charge in [0.1, 0.15) is 6.61 Å². The fourth-order valence-electron chi connectivity index (χ4n) is 1.82. The molecule has 104 valence electrons. The van der Waals surface area contributed by atoms with E-state index in [1.807, 2.05) is 32.0 Å². The van der Waals surface area contributed by atoms with Crippen LogP contribution in [0.2, 0.25) is 5.02 Å². The van der Waals surface area contributed by atoms with Crippen molar-refractivity contribution in [3.8, 4) is 0 Å². The van der Waals surface area contributed by atoms with E-state index >= 15 is 0 Å². The Labute approximate surface area is 123 Å². The molecule has 0 aromatic heterocycles. The molecule has 4 heteroatoms. The zero-order chi connectivity index (χ0) is 14.7. The lowest BCUT2D eigenvalue weighted by Crippen LogP contribution is -2.07. The van der Waals surface area contributed by atoms with E-state index in [1.165, 1.54) is 17.2 Å². The highest BCUT2D eigenvalue weighted by Crippen LogP contribution is 2.20. The number of anilines is 1. The SMILES string of the molecule is Cc1ccc(COC(=O)c2cc(N)ccc2Cl)cc1C. The van der Waals surface area contributed by atoms with Crippen LogP contribution in [0.4, 0.5) is 5.69 Å². The topological polar surface area (TPSA) is 52.3 Å². The number of nitrogens with two attached hydrogens (primary N) is 1. The van der Waals surface area contributed by atoms with Crippen molar-refractivity contribution in [2.24, 2.45) is 0 Å². The van der Waals surface area contributed by atoms with Crippen LogP contribution < -0.4 is 5.73 Å². The number of aryl methyl sites for hydroxylation is 2. The number of halogens is 1. The van der Waals surface area contributed by atoms with E-state index in [4.69, 9.17) is 22.1 Å². The predicted molar refractivity (Wildman–Crippen MR) is 80.9 cm³/mol. The summed E-state index contributed by atoms with van der Waals surface area (Å²) in [5, 5.41) is 0.337. The number of hydrogen-bond donors (Lipinski definition) is 1. The zero-order valence-corrected chi connectivity index (χ0v) is 12.2. The van der Waals surface area contributed by atoms with Crippen LogP contribution in [-0.2, 0) is 11.3 Å². The van der Waals surface area contributed by atoms with Crippen molar-refractivity contribution in [2.45, 2.75) is 20.5 Å². The van der Waals surface area contributed by atoms with Crippen LogP contribution in [0.5, 0.6) is 0 Å². The number of rotatable bonds is 3. The minimum Gasteiger partial charge on any atom is -0.457 e. The molecule has 0 bridgehead atoms. The number of hydrogen-bond acceptors (Lipinski definition) is 3. The molecule has 0 spiro atoms. The smallest absolute Gasteiger partial charge is 0.340 e. The van der Waals surface area contributed by atoms with Crippen molar-refractivity contribution >= 4 is 23.3 Å². The van der Waals surface area contributed by atoms with Crippen molar-refractivity contribution in [3.63, 3.8) is 0 Å². The predicted octanol–water partition coefficient (Wildman–Crippen LogP) is 3.90. The first-order valence-electron chi connectivity index (χ1n) is 6.25. The van der Waals surface area contributed by atoms with Crippen LogP contribution in [0.3, 0.4) is 0 Å². The zero-order valence-electron chi connectivity index (χ0n) is 11.4. The first kappa shape index (κ1) is 14.4. The molecule has 0 aliphatic heterocycles. The molecule has 0 unspecified atom stereocenters. The normalized spacial score (nSPS) is 10.3. The number of ether oxygens (including phenoxy) is 1. The highest BCUT2D eigenvalue weighted by molar-refractivity contribution is 6.33. The molecule has 2 rings (SSSR count). The summed E-state index contributed by atoms with van der Waals surface area (Å²) in [7, 11) is 0. The van der Waals surface area contributed by atoms with Gasteiger partial charge in [-0.3, -0.25) is 0 Å². The van der Waals surface area contributed by atoms with Gasteiger partial charge >= 0.3 is 5.97 Å². The molecule has 0 heterocycles. The van der Waals surface area contributed by atoms with Gasteiger partial charge < -0.3 is 10.5 Å². The molecule has 20 heavy (non-hydrogen) atoms. The molecule has 2 aromatic rings. The van der Waals surface area contributed by atoms with Crippen LogP contribution in [0.15, 0.2) is 36.4 Å². The molecule has 0 radical (unpaired) electrons. The summed E-state index contributed by atoms with van der Waals surface area (Å²) in [5.41, 5.74) is 9.73. The van der Waals surface area contributed by atoms with E-state index in [0.29, 0.717) is 10.7 Å². The van der Waals surface area contributed by atoms with Crippen molar-refractivity contribution in [2.75, 3.05) is 5.73 Å². The monoisotopic (exact) mass is 289 g/mol. The Bertz CT molecular complexity index is 653. The van der Waals surface area contributed by atoms with Gasteiger partial charge in [0, 0.05) is 5.69 Å². The summed E-state index contributed by atoms with van der Waals surface area (Å²) in [6, 6.07) is 10.7. The van der Waals surface area contributed by atoms with Gasteiger partial charge in [0.25, 0.3) is 0 Å². The molecule has 0 saturated carbocycles.